The first kappa shape index (κ1) is 22.6. The van der Waals surface area contributed by atoms with Gasteiger partial charge < -0.3 is 9.64 Å². The van der Waals surface area contributed by atoms with Crippen LogP contribution in [0.2, 0.25) is 5.02 Å². The lowest BCUT2D eigenvalue weighted by Gasteiger charge is -2.31. The van der Waals surface area contributed by atoms with Crippen LogP contribution in [0.25, 0.3) is 0 Å². The van der Waals surface area contributed by atoms with E-state index in [9.17, 15) is 17.6 Å². The average molecular weight is 454 g/mol. The van der Waals surface area contributed by atoms with Crippen molar-refractivity contribution < 1.29 is 22.3 Å². The summed E-state index contributed by atoms with van der Waals surface area (Å²) >= 11 is 6.16. The third kappa shape index (κ3) is 4.95. The highest BCUT2D eigenvalue weighted by molar-refractivity contribution is 7.91. The van der Waals surface area contributed by atoms with Gasteiger partial charge in [0.1, 0.15) is 11.6 Å². The number of carbonyl (C=O) groups excluding carboxylic acids is 1. The Morgan fingerprint density at radius 2 is 1.97 bits per heavy atom. The van der Waals surface area contributed by atoms with Crippen LogP contribution in [0.15, 0.2) is 36.4 Å². The molecular weight excluding hydrogens is 429 g/mol. The number of sulfone groups is 1. The fraction of sp³-hybridized carbons (Fsp3) is 0.409. The van der Waals surface area contributed by atoms with Gasteiger partial charge in [0, 0.05) is 16.6 Å². The second-order valence-electron chi connectivity index (χ2n) is 7.68. The van der Waals surface area contributed by atoms with Gasteiger partial charge >= 0.3 is 0 Å². The predicted octanol–water partition coefficient (Wildman–Crippen LogP) is 4.08. The topological polar surface area (TPSA) is 63.7 Å². The van der Waals surface area contributed by atoms with Crippen molar-refractivity contribution in [2.24, 2.45) is 0 Å². The van der Waals surface area contributed by atoms with Gasteiger partial charge in [-0.1, -0.05) is 29.8 Å². The number of nitrogens with zero attached hydrogens (tertiary/aromatic N) is 1. The lowest BCUT2D eigenvalue weighted by Crippen LogP contribution is -2.46. The fourth-order valence-electron chi connectivity index (χ4n) is 3.59. The second kappa shape index (κ2) is 8.94. The Kier molecular flexibility index (Phi) is 6.72. The van der Waals surface area contributed by atoms with Gasteiger partial charge in [-0.05, 0) is 56.5 Å². The maximum atomic E-state index is 14.4. The van der Waals surface area contributed by atoms with Crippen LogP contribution in [0.4, 0.5) is 4.39 Å². The third-order valence-electron chi connectivity index (χ3n) is 5.53. The number of carbonyl (C=O) groups is 1. The minimum absolute atomic E-state index is 0.00131. The van der Waals surface area contributed by atoms with Gasteiger partial charge in [-0.15, -0.1) is 0 Å². The van der Waals surface area contributed by atoms with Crippen LogP contribution in [0.3, 0.4) is 0 Å². The molecule has 0 aliphatic carbocycles. The van der Waals surface area contributed by atoms with E-state index in [0.717, 1.165) is 11.1 Å². The van der Waals surface area contributed by atoms with Crippen molar-refractivity contribution >= 4 is 27.3 Å². The highest BCUT2D eigenvalue weighted by atomic mass is 35.5. The van der Waals surface area contributed by atoms with Crippen molar-refractivity contribution in [2.75, 3.05) is 11.5 Å². The molecule has 3 rings (SSSR count). The van der Waals surface area contributed by atoms with Crippen molar-refractivity contribution in [2.45, 2.75) is 45.9 Å². The molecule has 1 saturated heterocycles. The fourth-order valence-corrected chi connectivity index (χ4v) is 5.54. The van der Waals surface area contributed by atoms with E-state index in [1.54, 1.807) is 19.1 Å². The molecule has 1 amide bonds. The van der Waals surface area contributed by atoms with Gasteiger partial charge in [-0.2, -0.15) is 0 Å². The number of aryl methyl sites for hydroxylation is 1. The Labute approximate surface area is 181 Å². The summed E-state index contributed by atoms with van der Waals surface area (Å²) in [6.45, 7) is 5.35. The van der Waals surface area contributed by atoms with E-state index < -0.39 is 33.7 Å². The van der Waals surface area contributed by atoms with Crippen LogP contribution in [-0.2, 0) is 21.2 Å². The lowest BCUT2D eigenvalue weighted by molar-refractivity contribution is -0.140. The van der Waals surface area contributed by atoms with E-state index in [1.165, 1.54) is 17.0 Å². The van der Waals surface area contributed by atoms with E-state index in [-0.39, 0.29) is 28.6 Å². The number of ether oxygens (including phenoxy) is 1. The van der Waals surface area contributed by atoms with Gasteiger partial charge in [0.2, 0.25) is 0 Å². The second-order valence-corrected chi connectivity index (χ2v) is 10.3. The van der Waals surface area contributed by atoms with Crippen LogP contribution >= 0.6 is 11.6 Å². The number of hydrogen-bond acceptors (Lipinski definition) is 4. The van der Waals surface area contributed by atoms with Crippen LogP contribution in [-0.4, -0.2) is 42.9 Å². The molecule has 2 atom stereocenters. The summed E-state index contributed by atoms with van der Waals surface area (Å²) in [6.07, 6.45) is -0.574. The number of rotatable bonds is 6. The molecule has 5 nitrogen and oxygen atoms in total. The molecule has 0 aromatic heterocycles. The number of hydrogen-bond donors (Lipinski definition) is 0. The standard InChI is InChI=1S/C22H25ClFNO4S/c1-14-6-4-9-21(15(14)2)29-16(3)22(26)25(17-10-11-30(27,28)13-17)12-18-19(23)7-5-8-20(18)24/h4-9,16-17H,10-13H2,1-3H3. The molecule has 1 fully saturated rings. The zero-order chi connectivity index (χ0) is 22.1. The summed E-state index contributed by atoms with van der Waals surface area (Å²) in [6, 6.07) is 9.32. The minimum atomic E-state index is -3.24. The van der Waals surface area contributed by atoms with Crippen LogP contribution in [0, 0.1) is 19.7 Å². The first-order chi connectivity index (χ1) is 14.1. The Hall–Kier alpha value is -2.12. The van der Waals surface area contributed by atoms with E-state index in [2.05, 4.69) is 0 Å². The molecular formula is C22H25ClFNO4S. The molecule has 0 radical (unpaired) electrons. The first-order valence-corrected chi connectivity index (χ1v) is 12.0. The molecule has 2 aromatic rings. The number of halogens is 2. The molecule has 0 spiro atoms. The van der Waals surface area contributed by atoms with E-state index in [4.69, 9.17) is 16.3 Å². The molecule has 30 heavy (non-hydrogen) atoms. The number of amides is 1. The first-order valence-electron chi connectivity index (χ1n) is 9.75. The summed E-state index contributed by atoms with van der Waals surface area (Å²) in [5, 5.41) is 0.191. The molecule has 2 aromatic carbocycles. The maximum absolute atomic E-state index is 14.4. The summed E-state index contributed by atoms with van der Waals surface area (Å²) in [7, 11) is -3.24. The van der Waals surface area contributed by atoms with E-state index >= 15 is 0 Å². The molecule has 1 heterocycles. The highest BCUT2D eigenvalue weighted by Gasteiger charge is 2.37. The van der Waals surface area contributed by atoms with Crippen LogP contribution in [0.1, 0.15) is 30.0 Å². The van der Waals surface area contributed by atoms with Gasteiger partial charge in [0.05, 0.1) is 18.1 Å². The van der Waals surface area contributed by atoms with Crippen molar-refractivity contribution in [1.29, 1.82) is 0 Å². The predicted molar refractivity (Wildman–Crippen MR) is 115 cm³/mol. The van der Waals surface area contributed by atoms with Crippen molar-refractivity contribution in [3.63, 3.8) is 0 Å². The molecule has 0 bridgehead atoms. The summed E-state index contributed by atoms with van der Waals surface area (Å²) in [5.74, 6) is -0.514. The van der Waals surface area contributed by atoms with Crippen LogP contribution < -0.4 is 4.74 Å². The third-order valence-corrected chi connectivity index (χ3v) is 7.63. The molecule has 162 valence electrons. The maximum Gasteiger partial charge on any atom is 0.263 e. The monoisotopic (exact) mass is 453 g/mol. The Bertz CT molecular complexity index is 1040. The Morgan fingerprint density at radius 3 is 2.60 bits per heavy atom. The summed E-state index contributed by atoms with van der Waals surface area (Å²) in [4.78, 5) is 14.7. The largest absolute Gasteiger partial charge is 0.481 e. The average Bonchev–Trinajstić information content (AvgIpc) is 3.04. The summed E-state index contributed by atoms with van der Waals surface area (Å²) < 4.78 is 44.4. The van der Waals surface area contributed by atoms with Gasteiger partial charge in [0.15, 0.2) is 15.9 Å². The summed E-state index contributed by atoms with van der Waals surface area (Å²) in [5.41, 5.74) is 2.11. The Balaban J connectivity index is 1.89. The molecule has 2 unspecified atom stereocenters. The molecule has 1 aliphatic heterocycles. The highest BCUT2D eigenvalue weighted by Crippen LogP contribution is 2.27. The van der Waals surface area contributed by atoms with Gasteiger partial charge in [-0.25, -0.2) is 12.8 Å². The zero-order valence-corrected chi connectivity index (χ0v) is 18.8. The van der Waals surface area contributed by atoms with E-state index in [0.29, 0.717) is 12.2 Å². The molecule has 1 aliphatic rings. The number of benzene rings is 2. The van der Waals surface area contributed by atoms with Crippen molar-refractivity contribution in [3.8, 4) is 5.75 Å². The molecule has 8 heteroatoms. The van der Waals surface area contributed by atoms with Crippen molar-refractivity contribution in [3.05, 3.63) is 63.9 Å². The van der Waals surface area contributed by atoms with Crippen LogP contribution in [0.5, 0.6) is 5.75 Å². The normalized spacial score (nSPS) is 18.8. The smallest absolute Gasteiger partial charge is 0.263 e. The lowest BCUT2D eigenvalue weighted by atomic mass is 10.1. The molecule has 0 saturated carbocycles. The van der Waals surface area contributed by atoms with E-state index in [1.807, 2.05) is 26.0 Å². The van der Waals surface area contributed by atoms with Gasteiger partial charge in [-0.3, -0.25) is 4.79 Å². The van der Waals surface area contributed by atoms with Crippen molar-refractivity contribution in [1.82, 2.24) is 4.90 Å². The Morgan fingerprint density at radius 1 is 1.27 bits per heavy atom. The SMILES string of the molecule is Cc1cccc(OC(C)C(=O)N(Cc2c(F)cccc2Cl)C2CCS(=O)(=O)C2)c1C. The minimum Gasteiger partial charge on any atom is -0.481 e. The zero-order valence-electron chi connectivity index (χ0n) is 17.2. The molecule has 0 N–H and O–H groups in total. The van der Waals surface area contributed by atoms with Gasteiger partial charge in [0.25, 0.3) is 5.91 Å². The quantitative estimate of drug-likeness (QED) is 0.661.